The Morgan fingerprint density at radius 3 is 2.62 bits per heavy atom. The zero-order valence-corrected chi connectivity index (χ0v) is 14.8. The summed E-state index contributed by atoms with van der Waals surface area (Å²) < 4.78 is 5.25. The van der Waals surface area contributed by atoms with Crippen molar-refractivity contribution in [3.63, 3.8) is 0 Å². The highest BCUT2D eigenvalue weighted by atomic mass is 35.5. The number of rotatable bonds is 4. The zero-order chi connectivity index (χ0) is 18.6. The van der Waals surface area contributed by atoms with Gasteiger partial charge in [-0.3, -0.25) is 9.59 Å². The van der Waals surface area contributed by atoms with Gasteiger partial charge in [0.25, 0.3) is 5.91 Å². The van der Waals surface area contributed by atoms with Crippen LogP contribution in [-0.4, -0.2) is 35.6 Å². The van der Waals surface area contributed by atoms with Gasteiger partial charge in [0, 0.05) is 30.7 Å². The van der Waals surface area contributed by atoms with E-state index in [1.54, 1.807) is 36.4 Å². The van der Waals surface area contributed by atoms with Gasteiger partial charge in [0.2, 0.25) is 5.91 Å². The van der Waals surface area contributed by atoms with Gasteiger partial charge in [-0.05, 0) is 43.2 Å². The van der Waals surface area contributed by atoms with E-state index >= 15 is 0 Å². The molecule has 2 heterocycles. The minimum atomic E-state index is -0.955. The molecule has 0 unspecified atom stereocenters. The van der Waals surface area contributed by atoms with Gasteiger partial charge in [-0.2, -0.15) is 0 Å². The molecule has 2 aromatic rings. The summed E-state index contributed by atoms with van der Waals surface area (Å²) in [6.45, 7) is 0.918. The van der Waals surface area contributed by atoms with Crippen LogP contribution in [0.5, 0.6) is 0 Å². The van der Waals surface area contributed by atoms with Gasteiger partial charge < -0.3 is 21.1 Å². The summed E-state index contributed by atoms with van der Waals surface area (Å²) in [6, 6.07) is 9.87. The normalized spacial score (nSPS) is 15.9. The lowest BCUT2D eigenvalue weighted by molar-refractivity contribution is -0.124. The van der Waals surface area contributed by atoms with Gasteiger partial charge in [-0.1, -0.05) is 17.7 Å². The molecule has 0 aliphatic carbocycles. The van der Waals surface area contributed by atoms with E-state index in [0.29, 0.717) is 48.1 Å². The summed E-state index contributed by atoms with van der Waals surface area (Å²) in [5.74, 6) is -0.237. The molecule has 7 nitrogen and oxygen atoms in total. The third kappa shape index (κ3) is 4.37. The van der Waals surface area contributed by atoms with Crippen LogP contribution in [-0.2, 0) is 9.53 Å². The molecule has 8 heteroatoms. The van der Waals surface area contributed by atoms with Crippen molar-refractivity contribution in [3.8, 4) is 0 Å². The van der Waals surface area contributed by atoms with Crippen molar-refractivity contribution in [2.45, 2.75) is 18.4 Å². The van der Waals surface area contributed by atoms with Gasteiger partial charge in [-0.25, -0.2) is 4.98 Å². The molecule has 1 aromatic carbocycles. The number of hydrogen-bond acceptors (Lipinski definition) is 5. The zero-order valence-electron chi connectivity index (χ0n) is 14.0. The van der Waals surface area contributed by atoms with Gasteiger partial charge in [-0.15, -0.1) is 0 Å². The minimum Gasteiger partial charge on any atom is -0.381 e. The molecule has 1 aliphatic rings. The fourth-order valence-corrected chi connectivity index (χ4v) is 2.71. The van der Waals surface area contributed by atoms with Crippen molar-refractivity contribution in [3.05, 3.63) is 53.2 Å². The number of aromatic nitrogens is 1. The quantitative estimate of drug-likeness (QED) is 0.762. The Balaban J connectivity index is 1.68. The van der Waals surface area contributed by atoms with Crippen molar-refractivity contribution in [2.24, 2.45) is 5.73 Å². The van der Waals surface area contributed by atoms with E-state index in [9.17, 15) is 9.59 Å². The lowest BCUT2D eigenvalue weighted by Crippen LogP contribution is -2.54. The second-order valence-corrected chi connectivity index (χ2v) is 6.56. The SMILES string of the molecule is NC1(C(=O)Nc2cccc(C(=O)Nc3ccc(Cl)cn3)c2)CCOCC1. The molecular weight excluding hydrogens is 356 g/mol. The average molecular weight is 375 g/mol. The second kappa shape index (κ2) is 7.82. The first-order valence-electron chi connectivity index (χ1n) is 8.17. The number of hydrogen-bond donors (Lipinski definition) is 3. The van der Waals surface area contributed by atoms with E-state index < -0.39 is 5.54 Å². The highest BCUT2D eigenvalue weighted by molar-refractivity contribution is 6.30. The average Bonchev–Trinajstić information content (AvgIpc) is 2.64. The highest BCUT2D eigenvalue weighted by Crippen LogP contribution is 2.21. The summed E-state index contributed by atoms with van der Waals surface area (Å²) in [5, 5.41) is 5.94. The first-order valence-corrected chi connectivity index (χ1v) is 8.55. The van der Waals surface area contributed by atoms with Gasteiger partial charge in [0.1, 0.15) is 11.4 Å². The van der Waals surface area contributed by atoms with E-state index in [4.69, 9.17) is 22.1 Å². The van der Waals surface area contributed by atoms with Crippen LogP contribution in [0.4, 0.5) is 11.5 Å². The monoisotopic (exact) mass is 374 g/mol. The van der Waals surface area contributed by atoms with Crippen molar-refractivity contribution < 1.29 is 14.3 Å². The van der Waals surface area contributed by atoms with E-state index in [-0.39, 0.29) is 11.8 Å². The first-order chi connectivity index (χ1) is 12.5. The maximum absolute atomic E-state index is 12.5. The Labute approximate surface area is 155 Å². The molecule has 1 fully saturated rings. The summed E-state index contributed by atoms with van der Waals surface area (Å²) in [5.41, 5.74) is 6.11. The van der Waals surface area contributed by atoms with E-state index in [2.05, 4.69) is 15.6 Å². The molecule has 0 atom stereocenters. The smallest absolute Gasteiger partial charge is 0.256 e. The fourth-order valence-electron chi connectivity index (χ4n) is 2.59. The molecule has 0 bridgehead atoms. The Hall–Kier alpha value is -2.48. The molecule has 4 N–H and O–H groups in total. The van der Waals surface area contributed by atoms with Crippen molar-refractivity contribution >= 4 is 34.9 Å². The fraction of sp³-hybridized carbons (Fsp3) is 0.278. The predicted molar refractivity (Wildman–Crippen MR) is 99.2 cm³/mol. The lowest BCUT2D eigenvalue weighted by Gasteiger charge is -2.31. The molecular formula is C18H19ClN4O3. The van der Waals surface area contributed by atoms with Crippen LogP contribution >= 0.6 is 11.6 Å². The van der Waals surface area contributed by atoms with Gasteiger partial charge in [0.05, 0.1) is 5.02 Å². The Morgan fingerprint density at radius 2 is 1.92 bits per heavy atom. The number of pyridine rings is 1. The Bertz CT molecular complexity index is 804. The van der Waals surface area contributed by atoms with Crippen LogP contribution < -0.4 is 16.4 Å². The summed E-state index contributed by atoms with van der Waals surface area (Å²) in [4.78, 5) is 28.9. The topological polar surface area (TPSA) is 106 Å². The van der Waals surface area contributed by atoms with E-state index in [0.717, 1.165) is 0 Å². The molecule has 26 heavy (non-hydrogen) atoms. The first kappa shape index (κ1) is 18.3. The van der Waals surface area contributed by atoms with E-state index in [1.165, 1.54) is 6.20 Å². The number of nitrogens with one attached hydrogen (secondary N) is 2. The third-order valence-corrected chi connectivity index (χ3v) is 4.41. The summed E-state index contributed by atoms with van der Waals surface area (Å²) in [6.07, 6.45) is 2.37. The van der Waals surface area contributed by atoms with Gasteiger partial charge in [0.15, 0.2) is 0 Å². The molecule has 0 radical (unpaired) electrons. The number of amides is 2. The highest BCUT2D eigenvalue weighted by Gasteiger charge is 2.35. The standard InChI is InChI=1S/C18H19ClN4O3/c19-13-4-5-15(21-11-13)23-16(24)12-2-1-3-14(10-12)22-17(25)18(20)6-8-26-9-7-18/h1-5,10-11H,6-9,20H2,(H,22,25)(H,21,23,24). The molecule has 2 amide bonds. The third-order valence-electron chi connectivity index (χ3n) is 4.19. The second-order valence-electron chi connectivity index (χ2n) is 6.12. The number of nitrogens with zero attached hydrogens (tertiary/aromatic N) is 1. The molecule has 136 valence electrons. The largest absolute Gasteiger partial charge is 0.381 e. The minimum absolute atomic E-state index is 0.280. The van der Waals surface area contributed by atoms with Crippen LogP contribution in [0.3, 0.4) is 0 Å². The number of nitrogens with two attached hydrogens (primary N) is 1. The van der Waals surface area contributed by atoms with Crippen LogP contribution in [0.15, 0.2) is 42.6 Å². The van der Waals surface area contributed by atoms with Crippen molar-refractivity contribution in [1.82, 2.24) is 4.98 Å². The lowest BCUT2D eigenvalue weighted by atomic mass is 9.90. The molecule has 3 rings (SSSR count). The summed E-state index contributed by atoms with van der Waals surface area (Å²) >= 11 is 5.78. The van der Waals surface area contributed by atoms with Crippen LogP contribution in [0.1, 0.15) is 23.2 Å². The maximum atomic E-state index is 12.5. The van der Waals surface area contributed by atoms with Crippen molar-refractivity contribution in [2.75, 3.05) is 23.8 Å². The number of ether oxygens (including phenoxy) is 1. The molecule has 1 saturated heterocycles. The maximum Gasteiger partial charge on any atom is 0.256 e. The Kier molecular flexibility index (Phi) is 5.51. The van der Waals surface area contributed by atoms with Crippen molar-refractivity contribution in [1.29, 1.82) is 0 Å². The number of carbonyl (C=O) groups is 2. The molecule has 0 spiro atoms. The molecule has 0 saturated carbocycles. The number of carbonyl (C=O) groups excluding carboxylic acids is 2. The number of halogens is 1. The molecule has 1 aromatic heterocycles. The van der Waals surface area contributed by atoms with Crippen LogP contribution in [0.2, 0.25) is 5.02 Å². The predicted octanol–water partition coefficient (Wildman–Crippen LogP) is 2.43. The molecule has 1 aliphatic heterocycles. The van der Waals surface area contributed by atoms with Crippen LogP contribution in [0, 0.1) is 0 Å². The number of benzene rings is 1. The Morgan fingerprint density at radius 1 is 1.15 bits per heavy atom. The summed E-state index contributed by atoms with van der Waals surface area (Å²) in [7, 11) is 0. The van der Waals surface area contributed by atoms with Gasteiger partial charge >= 0.3 is 0 Å². The van der Waals surface area contributed by atoms with E-state index in [1.807, 2.05) is 0 Å². The number of anilines is 2. The van der Waals surface area contributed by atoms with Crippen LogP contribution in [0.25, 0.3) is 0 Å².